The molecule has 0 aliphatic carbocycles. The van der Waals surface area contributed by atoms with E-state index in [1.807, 2.05) is 22.6 Å². The summed E-state index contributed by atoms with van der Waals surface area (Å²) in [6.07, 6.45) is 1.38. The van der Waals surface area contributed by atoms with E-state index in [1.165, 1.54) is 13.1 Å². The van der Waals surface area contributed by atoms with Crippen molar-refractivity contribution in [1.82, 2.24) is 4.98 Å². The van der Waals surface area contributed by atoms with E-state index in [1.54, 1.807) is 6.07 Å². The molecule has 76 valence electrons. The molecule has 0 aromatic carbocycles. The molecule has 5 N–H and O–H groups in total. The van der Waals surface area contributed by atoms with Crippen molar-refractivity contribution in [2.24, 2.45) is 5.73 Å². The zero-order chi connectivity index (χ0) is 10.9. The number of nitrogens with two attached hydrogens (primary N) is 2. The van der Waals surface area contributed by atoms with Gasteiger partial charge in [-0.15, -0.1) is 0 Å². The Morgan fingerprint density at radius 2 is 2.29 bits per heavy atom. The lowest BCUT2D eigenvalue weighted by atomic mass is 9.95. The Morgan fingerprint density at radius 3 is 2.71 bits per heavy atom. The van der Waals surface area contributed by atoms with E-state index in [0.29, 0.717) is 15.0 Å². The Balaban J connectivity index is 3.21. The van der Waals surface area contributed by atoms with Crippen molar-refractivity contribution in [2.45, 2.75) is 12.5 Å². The molecular formula is C8H10IN3O2. The summed E-state index contributed by atoms with van der Waals surface area (Å²) >= 11 is 1.98. The van der Waals surface area contributed by atoms with Gasteiger partial charge < -0.3 is 16.6 Å². The first kappa shape index (κ1) is 11.2. The molecule has 1 aromatic rings. The zero-order valence-electron chi connectivity index (χ0n) is 7.49. The minimum absolute atomic E-state index is 0.371. The van der Waals surface area contributed by atoms with Crippen LogP contribution in [0.4, 0.5) is 5.82 Å². The number of anilines is 1. The molecule has 6 heteroatoms. The van der Waals surface area contributed by atoms with Gasteiger partial charge >= 0.3 is 5.97 Å². The maximum Gasteiger partial charge on any atom is 0.328 e. The number of carboxylic acid groups (broad SMARTS) is 1. The number of carbonyl (C=O) groups is 1. The van der Waals surface area contributed by atoms with Crippen molar-refractivity contribution in [3.05, 3.63) is 21.4 Å². The minimum atomic E-state index is -1.43. The van der Waals surface area contributed by atoms with Crippen molar-refractivity contribution < 1.29 is 9.90 Å². The van der Waals surface area contributed by atoms with Gasteiger partial charge in [0.2, 0.25) is 0 Å². The number of hydrogen-bond donors (Lipinski definition) is 3. The Hall–Kier alpha value is -0.890. The van der Waals surface area contributed by atoms with E-state index in [4.69, 9.17) is 16.6 Å². The van der Waals surface area contributed by atoms with Gasteiger partial charge in [-0.05, 0) is 35.6 Å². The fourth-order valence-electron chi connectivity index (χ4n) is 0.856. The summed E-state index contributed by atoms with van der Waals surface area (Å²) in [5, 5.41) is 8.87. The fraction of sp³-hybridized carbons (Fsp3) is 0.250. The lowest BCUT2D eigenvalue weighted by Crippen LogP contribution is -2.41. The number of carboxylic acids is 1. The molecule has 0 bridgehead atoms. The molecule has 0 spiro atoms. The molecule has 1 heterocycles. The number of nitrogens with zero attached hydrogens (tertiary/aromatic N) is 1. The minimum Gasteiger partial charge on any atom is -0.480 e. The molecule has 14 heavy (non-hydrogen) atoms. The molecule has 1 aromatic heterocycles. The smallest absolute Gasteiger partial charge is 0.328 e. The predicted octanol–water partition coefficient (Wildman–Crippen LogP) is 0.527. The summed E-state index contributed by atoms with van der Waals surface area (Å²) in [6.45, 7) is 1.42. The van der Waals surface area contributed by atoms with Crippen LogP contribution in [0.3, 0.4) is 0 Å². The molecule has 0 amide bonds. The lowest BCUT2D eigenvalue weighted by Gasteiger charge is -2.19. The molecule has 1 rings (SSSR count). The van der Waals surface area contributed by atoms with Crippen molar-refractivity contribution >= 4 is 34.4 Å². The molecule has 0 radical (unpaired) electrons. The Kier molecular flexibility index (Phi) is 2.95. The van der Waals surface area contributed by atoms with Gasteiger partial charge in [0.1, 0.15) is 11.4 Å². The normalized spacial score (nSPS) is 14.8. The van der Waals surface area contributed by atoms with Gasteiger partial charge in [-0.1, -0.05) is 0 Å². The first-order valence-electron chi connectivity index (χ1n) is 3.79. The van der Waals surface area contributed by atoms with Gasteiger partial charge in [0.05, 0.1) is 3.57 Å². The van der Waals surface area contributed by atoms with Crippen molar-refractivity contribution in [3.63, 3.8) is 0 Å². The molecule has 5 nitrogen and oxygen atoms in total. The fourth-order valence-corrected chi connectivity index (χ4v) is 1.33. The summed E-state index contributed by atoms with van der Waals surface area (Å²) in [5.74, 6) is -0.726. The highest BCUT2D eigenvalue weighted by Gasteiger charge is 2.30. The van der Waals surface area contributed by atoms with Crippen LogP contribution >= 0.6 is 22.6 Å². The molecule has 1 unspecified atom stereocenters. The maximum absolute atomic E-state index is 10.8. The highest BCUT2D eigenvalue weighted by Crippen LogP contribution is 2.21. The Bertz CT molecular complexity index is 379. The molecular weight excluding hydrogens is 297 g/mol. The van der Waals surface area contributed by atoms with Crippen LogP contribution in [0.25, 0.3) is 0 Å². The van der Waals surface area contributed by atoms with E-state index in [-0.39, 0.29) is 0 Å². The largest absolute Gasteiger partial charge is 0.480 e. The monoisotopic (exact) mass is 307 g/mol. The SMILES string of the molecule is CC(N)(C(=O)O)c1cnc(N)c(I)c1. The summed E-state index contributed by atoms with van der Waals surface area (Å²) in [5.41, 5.74) is 10.1. The summed E-state index contributed by atoms with van der Waals surface area (Å²) in [4.78, 5) is 14.7. The van der Waals surface area contributed by atoms with Gasteiger partial charge in [-0.3, -0.25) is 0 Å². The number of nitrogen functional groups attached to an aromatic ring is 1. The Labute approximate surface area is 94.6 Å². The quantitative estimate of drug-likeness (QED) is 0.692. The first-order chi connectivity index (χ1) is 6.35. The molecule has 0 aliphatic rings. The number of aliphatic carboxylic acids is 1. The van der Waals surface area contributed by atoms with Crippen molar-refractivity contribution in [2.75, 3.05) is 5.73 Å². The van der Waals surface area contributed by atoms with Crippen LogP contribution in [0.15, 0.2) is 12.3 Å². The second-order valence-electron chi connectivity index (χ2n) is 3.10. The maximum atomic E-state index is 10.8. The third-order valence-electron chi connectivity index (χ3n) is 1.91. The molecule has 0 aliphatic heterocycles. The van der Waals surface area contributed by atoms with Crippen LogP contribution < -0.4 is 11.5 Å². The molecule has 0 fully saturated rings. The lowest BCUT2D eigenvalue weighted by molar-refractivity contribution is -0.143. The van der Waals surface area contributed by atoms with Gasteiger partial charge in [-0.2, -0.15) is 0 Å². The van der Waals surface area contributed by atoms with Gasteiger partial charge in [-0.25, -0.2) is 9.78 Å². The number of rotatable bonds is 2. The van der Waals surface area contributed by atoms with Crippen molar-refractivity contribution in [1.29, 1.82) is 0 Å². The van der Waals surface area contributed by atoms with E-state index in [2.05, 4.69) is 4.98 Å². The second-order valence-corrected chi connectivity index (χ2v) is 4.26. The number of halogens is 1. The third-order valence-corrected chi connectivity index (χ3v) is 2.78. The topological polar surface area (TPSA) is 102 Å². The van der Waals surface area contributed by atoms with E-state index < -0.39 is 11.5 Å². The number of aromatic nitrogens is 1. The molecule has 0 saturated heterocycles. The van der Waals surface area contributed by atoms with Crippen LogP contribution in [0.5, 0.6) is 0 Å². The molecule has 0 saturated carbocycles. The highest BCUT2D eigenvalue weighted by molar-refractivity contribution is 14.1. The summed E-state index contributed by atoms with van der Waals surface area (Å²) < 4.78 is 0.693. The Morgan fingerprint density at radius 1 is 1.71 bits per heavy atom. The summed E-state index contributed by atoms with van der Waals surface area (Å²) in [6, 6.07) is 1.62. The first-order valence-corrected chi connectivity index (χ1v) is 4.87. The van der Waals surface area contributed by atoms with Gasteiger partial charge in [0.15, 0.2) is 0 Å². The second kappa shape index (κ2) is 3.70. The van der Waals surface area contributed by atoms with Crippen LogP contribution in [0, 0.1) is 3.57 Å². The standard InChI is InChI=1S/C8H10IN3O2/c1-8(11,7(13)14)4-2-5(9)6(10)12-3-4/h2-3H,11H2,1H3,(H2,10,12)(H,13,14). The zero-order valence-corrected chi connectivity index (χ0v) is 9.65. The summed E-state index contributed by atoms with van der Waals surface area (Å²) in [7, 11) is 0. The van der Waals surface area contributed by atoms with Crippen LogP contribution in [-0.2, 0) is 10.3 Å². The van der Waals surface area contributed by atoms with Gasteiger partial charge in [0, 0.05) is 11.8 Å². The number of pyridine rings is 1. The van der Waals surface area contributed by atoms with E-state index in [0.717, 1.165) is 0 Å². The van der Waals surface area contributed by atoms with Crippen LogP contribution in [0.1, 0.15) is 12.5 Å². The van der Waals surface area contributed by atoms with Crippen molar-refractivity contribution in [3.8, 4) is 0 Å². The average molecular weight is 307 g/mol. The average Bonchev–Trinajstić information content (AvgIpc) is 2.09. The highest BCUT2D eigenvalue weighted by atomic mass is 127. The van der Waals surface area contributed by atoms with Crippen LogP contribution in [0.2, 0.25) is 0 Å². The van der Waals surface area contributed by atoms with Gasteiger partial charge in [0.25, 0.3) is 0 Å². The van der Waals surface area contributed by atoms with Crippen LogP contribution in [-0.4, -0.2) is 16.1 Å². The third kappa shape index (κ3) is 1.95. The van der Waals surface area contributed by atoms with E-state index >= 15 is 0 Å². The predicted molar refractivity (Wildman–Crippen MR) is 60.5 cm³/mol. The number of hydrogen-bond acceptors (Lipinski definition) is 4. The molecule has 1 atom stereocenters. The van der Waals surface area contributed by atoms with E-state index in [9.17, 15) is 4.79 Å².